The first-order chi connectivity index (χ1) is 27.2. The van der Waals surface area contributed by atoms with Crippen LogP contribution in [0.25, 0.3) is 93.6 Å². The third-order valence-corrected chi connectivity index (χ3v) is 11.1. The Morgan fingerprint density at radius 3 is 1.42 bits per heavy atom. The lowest BCUT2D eigenvalue weighted by molar-refractivity contribution is 1.13. The van der Waals surface area contributed by atoms with Crippen molar-refractivity contribution in [1.29, 1.82) is 10.5 Å². The zero-order valence-corrected chi connectivity index (χ0v) is 29.5. The van der Waals surface area contributed by atoms with Crippen molar-refractivity contribution in [1.82, 2.24) is 13.7 Å². The van der Waals surface area contributed by atoms with Crippen LogP contribution >= 0.6 is 0 Å². The molecule has 55 heavy (non-hydrogen) atoms. The number of nitrogens with zero attached hydrogens (tertiary/aromatic N) is 5. The second-order valence-corrected chi connectivity index (χ2v) is 14.0. The largest absolute Gasteiger partial charge is 0.309 e. The molecule has 3 heterocycles. The zero-order chi connectivity index (χ0) is 36.6. The molecule has 0 spiro atoms. The molecule has 0 unspecified atom stereocenters. The van der Waals surface area contributed by atoms with Gasteiger partial charge in [0, 0.05) is 43.6 Å². The summed E-state index contributed by atoms with van der Waals surface area (Å²) in [4.78, 5) is 0. The average molecular weight is 700 g/mol. The van der Waals surface area contributed by atoms with E-state index >= 15 is 0 Å². The fourth-order valence-corrected chi connectivity index (χ4v) is 8.75. The molecular formula is C50H29N5. The molecule has 0 aliphatic carbocycles. The van der Waals surface area contributed by atoms with Crippen LogP contribution in [0.4, 0.5) is 0 Å². The van der Waals surface area contributed by atoms with Crippen molar-refractivity contribution >= 4 is 65.4 Å². The number of aromatic nitrogens is 3. The Hall–Kier alpha value is -7.86. The Labute approximate surface area is 316 Å². The Morgan fingerprint density at radius 2 is 0.818 bits per heavy atom. The number of nitriles is 2. The molecule has 0 saturated heterocycles. The number of rotatable bonds is 4. The van der Waals surface area contributed by atoms with Gasteiger partial charge in [0.05, 0.1) is 67.7 Å². The van der Waals surface area contributed by atoms with Gasteiger partial charge in [-0.05, 0) is 72.3 Å². The molecular weight excluding hydrogens is 671 g/mol. The van der Waals surface area contributed by atoms with Crippen LogP contribution < -0.4 is 0 Å². The second-order valence-electron chi connectivity index (χ2n) is 14.0. The minimum absolute atomic E-state index is 0.570. The summed E-state index contributed by atoms with van der Waals surface area (Å²) < 4.78 is 6.99. The molecule has 0 aliphatic heterocycles. The molecule has 8 aromatic carbocycles. The van der Waals surface area contributed by atoms with E-state index in [-0.39, 0.29) is 0 Å². The van der Waals surface area contributed by atoms with E-state index in [2.05, 4.69) is 153 Å². The maximum absolute atomic E-state index is 10.0. The highest BCUT2D eigenvalue weighted by Crippen LogP contribution is 2.41. The molecule has 11 aromatic rings. The number of para-hydroxylation sites is 5. The van der Waals surface area contributed by atoms with E-state index in [0.29, 0.717) is 11.1 Å². The molecule has 3 aromatic heterocycles. The molecule has 11 rings (SSSR count). The van der Waals surface area contributed by atoms with Gasteiger partial charge in [0.25, 0.3) is 0 Å². The van der Waals surface area contributed by atoms with Crippen LogP contribution in [0.3, 0.4) is 0 Å². The van der Waals surface area contributed by atoms with Crippen LogP contribution in [0, 0.1) is 22.7 Å². The van der Waals surface area contributed by atoms with Gasteiger partial charge in [-0.1, -0.05) is 109 Å². The van der Waals surface area contributed by atoms with E-state index in [9.17, 15) is 10.5 Å². The van der Waals surface area contributed by atoms with Crippen molar-refractivity contribution in [3.05, 3.63) is 187 Å². The molecule has 0 radical (unpaired) electrons. The van der Waals surface area contributed by atoms with Gasteiger partial charge in [0.2, 0.25) is 0 Å². The smallest absolute Gasteiger partial charge is 0.0992 e. The van der Waals surface area contributed by atoms with Crippen LogP contribution in [0.2, 0.25) is 0 Å². The normalized spacial score (nSPS) is 11.6. The number of benzene rings is 8. The number of fused-ring (bicyclic) bond motifs is 9. The maximum Gasteiger partial charge on any atom is 0.0992 e. The van der Waals surface area contributed by atoms with E-state index < -0.39 is 0 Å². The monoisotopic (exact) mass is 699 g/mol. The third-order valence-electron chi connectivity index (χ3n) is 11.1. The second kappa shape index (κ2) is 11.8. The molecule has 0 amide bonds. The van der Waals surface area contributed by atoms with Crippen LogP contribution in [0.1, 0.15) is 11.1 Å². The molecule has 0 fully saturated rings. The van der Waals surface area contributed by atoms with E-state index in [1.54, 1.807) is 0 Å². The van der Waals surface area contributed by atoms with E-state index in [0.717, 1.165) is 61.0 Å². The molecule has 5 nitrogen and oxygen atoms in total. The summed E-state index contributed by atoms with van der Waals surface area (Å²) in [6.07, 6.45) is 0. The maximum atomic E-state index is 10.0. The highest BCUT2D eigenvalue weighted by atomic mass is 15.1. The van der Waals surface area contributed by atoms with Crippen molar-refractivity contribution in [2.24, 2.45) is 0 Å². The predicted molar refractivity (Wildman–Crippen MR) is 224 cm³/mol. The molecule has 254 valence electrons. The minimum atomic E-state index is 0.570. The zero-order valence-electron chi connectivity index (χ0n) is 29.5. The molecule has 0 atom stereocenters. The van der Waals surface area contributed by atoms with Crippen LogP contribution in [0.15, 0.2) is 176 Å². The Morgan fingerprint density at radius 1 is 0.345 bits per heavy atom. The number of hydrogen-bond acceptors (Lipinski definition) is 2. The van der Waals surface area contributed by atoms with E-state index in [1.807, 2.05) is 48.5 Å². The van der Waals surface area contributed by atoms with Gasteiger partial charge in [-0.3, -0.25) is 0 Å². The van der Waals surface area contributed by atoms with Gasteiger partial charge in [0.1, 0.15) is 0 Å². The lowest BCUT2D eigenvalue weighted by atomic mass is 10.0. The molecule has 0 bridgehead atoms. The Balaban J connectivity index is 1.15. The van der Waals surface area contributed by atoms with Gasteiger partial charge in [-0.2, -0.15) is 10.5 Å². The van der Waals surface area contributed by atoms with E-state index in [1.165, 1.54) is 32.6 Å². The van der Waals surface area contributed by atoms with Crippen molar-refractivity contribution in [3.8, 4) is 40.3 Å². The molecule has 5 heteroatoms. The topological polar surface area (TPSA) is 62.4 Å². The van der Waals surface area contributed by atoms with Gasteiger partial charge in [-0.25, -0.2) is 0 Å². The van der Waals surface area contributed by atoms with Crippen LogP contribution in [-0.4, -0.2) is 13.7 Å². The van der Waals surface area contributed by atoms with E-state index in [4.69, 9.17) is 0 Å². The summed E-state index contributed by atoms with van der Waals surface area (Å²) in [7, 11) is 0. The SMILES string of the molecule is N#Cc1ccc(-c2ccc(-n3c4ccccc4c4cccc(-n5c6ccccc6c6ccccc65)c43)cc2)c(-n2c3ccccc3c3ccc(C#N)cc32)c1. The Kier molecular flexibility index (Phi) is 6.61. The highest BCUT2D eigenvalue weighted by Gasteiger charge is 2.21. The summed E-state index contributed by atoms with van der Waals surface area (Å²) in [5, 5.41) is 26.9. The fraction of sp³-hybridized carbons (Fsp3) is 0. The molecule has 0 aliphatic rings. The van der Waals surface area contributed by atoms with Gasteiger partial charge >= 0.3 is 0 Å². The third kappa shape index (κ3) is 4.45. The predicted octanol–water partition coefficient (Wildman–Crippen LogP) is 12.4. The Bertz CT molecular complexity index is 3400. The first-order valence-corrected chi connectivity index (χ1v) is 18.3. The minimum Gasteiger partial charge on any atom is -0.309 e. The fourth-order valence-electron chi connectivity index (χ4n) is 8.75. The summed E-state index contributed by atoms with van der Waals surface area (Å²) in [5.41, 5.74) is 12.8. The van der Waals surface area contributed by atoms with Gasteiger partial charge in [-0.15, -0.1) is 0 Å². The first kappa shape index (κ1) is 30.7. The molecule has 0 N–H and O–H groups in total. The summed E-state index contributed by atoms with van der Waals surface area (Å²) in [6.45, 7) is 0. The van der Waals surface area contributed by atoms with Crippen LogP contribution in [-0.2, 0) is 0 Å². The summed E-state index contributed by atoms with van der Waals surface area (Å²) in [5.74, 6) is 0. The van der Waals surface area contributed by atoms with Crippen molar-refractivity contribution in [2.75, 3.05) is 0 Å². The molecule has 0 saturated carbocycles. The lowest BCUT2D eigenvalue weighted by Gasteiger charge is -2.16. The van der Waals surface area contributed by atoms with Crippen molar-refractivity contribution < 1.29 is 0 Å². The quantitative estimate of drug-likeness (QED) is 0.184. The summed E-state index contributed by atoms with van der Waals surface area (Å²) >= 11 is 0. The summed E-state index contributed by atoms with van der Waals surface area (Å²) in [6, 6.07) is 66.0. The average Bonchev–Trinajstić information content (AvgIpc) is 3.89. The highest BCUT2D eigenvalue weighted by molar-refractivity contribution is 6.15. The van der Waals surface area contributed by atoms with Gasteiger partial charge < -0.3 is 13.7 Å². The van der Waals surface area contributed by atoms with Crippen molar-refractivity contribution in [3.63, 3.8) is 0 Å². The first-order valence-electron chi connectivity index (χ1n) is 18.3. The van der Waals surface area contributed by atoms with Crippen LogP contribution in [0.5, 0.6) is 0 Å². The van der Waals surface area contributed by atoms with Gasteiger partial charge in [0.15, 0.2) is 0 Å². The number of hydrogen-bond donors (Lipinski definition) is 0. The lowest BCUT2D eigenvalue weighted by Crippen LogP contribution is -2.01. The van der Waals surface area contributed by atoms with Crippen molar-refractivity contribution in [2.45, 2.75) is 0 Å². The standard InChI is InChI=1S/C50H29N5/c51-30-32-20-26-36(48(28-32)55-46-18-8-3-12-39(46)41-27-21-33(31-52)29-49(41)55)34-22-24-35(25-23-34)53-43-15-5-4-13-40(43)42-14-9-19-47(50(42)53)54-44-16-6-1-10-37(44)38-11-2-7-17-45(38)54/h1-29H.